The Morgan fingerprint density at radius 2 is 2.14 bits per heavy atom. The number of hydrogen-bond donors (Lipinski definition) is 2. The van der Waals surface area contributed by atoms with Crippen LogP contribution in [0.3, 0.4) is 0 Å². The third-order valence-electron chi connectivity index (χ3n) is 1.99. The predicted octanol–water partition coefficient (Wildman–Crippen LogP) is 1.97. The number of carboxylic acids is 1. The predicted molar refractivity (Wildman–Crippen MR) is 61.9 cm³/mol. The fourth-order valence-corrected chi connectivity index (χ4v) is 2.40. The zero-order valence-electron chi connectivity index (χ0n) is 9.25. The largest absolute Gasteiger partial charge is 0.480 e. The molecule has 0 aromatic rings. The van der Waals surface area contributed by atoms with Crippen molar-refractivity contribution in [3.63, 3.8) is 0 Å². The number of carbonyl (C=O) groups is 1. The molecule has 0 bridgehead atoms. The molecular formula is C10H21NO2S. The molecule has 2 N–H and O–H groups in total. The average Bonchev–Trinajstić information content (AvgIpc) is 2.12. The van der Waals surface area contributed by atoms with Crippen LogP contribution in [-0.2, 0) is 4.79 Å². The van der Waals surface area contributed by atoms with Gasteiger partial charge in [-0.1, -0.05) is 27.2 Å². The van der Waals surface area contributed by atoms with Gasteiger partial charge in [-0.25, -0.2) is 0 Å². The summed E-state index contributed by atoms with van der Waals surface area (Å²) in [5.41, 5.74) is 0. The summed E-state index contributed by atoms with van der Waals surface area (Å²) in [7, 11) is 0. The molecule has 0 heterocycles. The highest BCUT2D eigenvalue weighted by Crippen LogP contribution is 2.16. The first-order valence-corrected chi connectivity index (χ1v) is 6.24. The van der Waals surface area contributed by atoms with E-state index in [-0.39, 0.29) is 0 Å². The lowest BCUT2D eigenvalue weighted by Gasteiger charge is -2.15. The van der Waals surface area contributed by atoms with Crippen LogP contribution in [0.2, 0.25) is 0 Å². The van der Waals surface area contributed by atoms with Crippen LogP contribution in [0.1, 0.15) is 33.6 Å². The van der Waals surface area contributed by atoms with Crippen LogP contribution in [-0.4, -0.2) is 34.7 Å². The van der Waals surface area contributed by atoms with Gasteiger partial charge in [0.2, 0.25) is 0 Å². The highest BCUT2D eigenvalue weighted by molar-refractivity contribution is 7.99. The third kappa shape index (κ3) is 6.27. The Morgan fingerprint density at radius 3 is 2.57 bits per heavy atom. The van der Waals surface area contributed by atoms with Gasteiger partial charge in [-0.05, 0) is 13.0 Å². The van der Waals surface area contributed by atoms with E-state index in [1.54, 1.807) is 11.8 Å². The molecule has 0 spiro atoms. The van der Waals surface area contributed by atoms with Gasteiger partial charge in [-0.3, -0.25) is 4.79 Å². The molecule has 0 rings (SSSR count). The van der Waals surface area contributed by atoms with E-state index < -0.39 is 12.0 Å². The van der Waals surface area contributed by atoms with E-state index in [0.717, 1.165) is 12.8 Å². The summed E-state index contributed by atoms with van der Waals surface area (Å²) in [6.45, 7) is 6.94. The number of rotatable bonds is 8. The minimum atomic E-state index is -0.747. The normalized spacial score (nSPS) is 15.1. The summed E-state index contributed by atoms with van der Waals surface area (Å²) in [6, 6.07) is -0.399. The molecule has 2 atom stereocenters. The maximum atomic E-state index is 10.8. The van der Waals surface area contributed by atoms with Gasteiger partial charge >= 0.3 is 5.97 Å². The first-order chi connectivity index (χ1) is 6.61. The topological polar surface area (TPSA) is 49.3 Å². The van der Waals surface area contributed by atoms with E-state index in [1.807, 2.05) is 6.92 Å². The van der Waals surface area contributed by atoms with Crippen LogP contribution < -0.4 is 5.32 Å². The maximum absolute atomic E-state index is 10.8. The second-order valence-corrected chi connectivity index (χ2v) is 4.85. The summed E-state index contributed by atoms with van der Waals surface area (Å²) in [4.78, 5) is 10.8. The minimum absolute atomic E-state index is 0.399. The standard InChI is InChI=1S/C10H21NO2S/c1-4-6-8(3)14-7-9(10(12)13)11-5-2/h8-9,11H,4-7H2,1-3H3,(H,12,13)/t8?,9-/m0/s1. The average molecular weight is 219 g/mol. The van der Waals surface area contributed by atoms with E-state index in [9.17, 15) is 4.79 Å². The molecule has 3 nitrogen and oxygen atoms in total. The van der Waals surface area contributed by atoms with Gasteiger partial charge in [0.15, 0.2) is 0 Å². The van der Waals surface area contributed by atoms with Gasteiger partial charge < -0.3 is 10.4 Å². The van der Waals surface area contributed by atoms with Gasteiger partial charge in [0.1, 0.15) is 6.04 Å². The van der Waals surface area contributed by atoms with Crippen molar-refractivity contribution in [1.82, 2.24) is 5.32 Å². The Hall–Kier alpha value is -0.220. The first-order valence-electron chi connectivity index (χ1n) is 5.19. The van der Waals surface area contributed by atoms with Crippen molar-refractivity contribution in [3.05, 3.63) is 0 Å². The van der Waals surface area contributed by atoms with E-state index >= 15 is 0 Å². The Bertz CT molecular complexity index is 164. The summed E-state index contributed by atoms with van der Waals surface area (Å²) in [5.74, 6) is -0.0901. The first kappa shape index (κ1) is 13.8. The van der Waals surface area contributed by atoms with Crippen molar-refractivity contribution in [2.24, 2.45) is 0 Å². The monoisotopic (exact) mass is 219 g/mol. The van der Waals surface area contributed by atoms with Crippen molar-refractivity contribution < 1.29 is 9.90 Å². The van der Waals surface area contributed by atoms with E-state index in [0.29, 0.717) is 17.5 Å². The van der Waals surface area contributed by atoms with Gasteiger partial charge in [-0.2, -0.15) is 11.8 Å². The van der Waals surface area contributed by atoms with Crippen molar-refractivity contribution >= 4 is 17.7 Å². The van der Waals surface area contributed by atoms with Gasteiger partial charge in [0.25, 0.3) is 0 Å². The maximum Gasteiger partial charge on any atom is 0.321 e. The number of hydrogen-bond acceptors (Lipinski definition) is 3. The quantitative estimate of drug-likeness (QED) is 0.655. The fourth-order valence-electron chi connectivity index (χ4n) is 1.21. The molecule has 4 heteroatoms. The molecule has 0 radical (unpaired) electrons. The molecule has 0 fully saturated rings. The molecule has 0 aliphatic heterocycles. The summed E-state index contributed by atoms with van der Waals surface area (Å²) < 4.78 is 0. The van der Waals surface area contributed by atoms with Crippen LogP contribution in [0.15, 0.2) is 0 Å². The molecule has 1 unspecified atom stereocenters. The number of nitrogens with one attached hydrogen (secondary N) is 1. The van der Waals surface area contributed by atoms with Crippen molar-refractivity contribution in [3.8, 4) is 0 Å². The Kier molecular flexibility index (Phi) is 7.99. The third-order valence-corrected chi connectivity index (χ3v) is 3.32. The highest BCUT2D eigenvalue weighted by atomic mass is 32.2. The number of carboxylic acid groups (broad SMARTS) is 1. The summed E-state index contributed by atoms with van der Waals surface area (Å²) >= 11 is 1.73. The number of likely N-dealkylation sites (N-methyl/N-ethyl adjacent to an activating group) is 1. The minimum Gasteiger partial charge on any atom is -0.480 e. The van der Waals surface area contributed by atoms with Gasteiger partial charge in [-0.15, -0.1) is 0 Å². The SMILES string of the molecule is CCCC(C)SC[C@H](NCC)C(=O)O. The van der Waals surface area contributed by atoms with Gasteiger partial charge in [0.05, 0.1) is 0 Å². The lowest BCUT2D eigenvalue weighted by molar-refractivity contribution is -0.138. The molecular weight excluding hydrogens is 198 g/mol. The fraction of sp³-hybridized carbons (Fsp3) is 0.900. The summed E-state index contributed by atoms with van der Waals surface area (Å²) in [6.07, 6.45) is 2.32. The van der Waals surface area contributed by atoms with Crippen molar-refractivity contribution in [1.29, 1.82) is 0 Å². The van der Waals surface area contributed by atoms with Crippen LogP contribution in [0.5, 0.6) is 0 Å². The van der Waals surface area contributed by atoms with Crippen LogP contribution in [0.25, 0.3) is 0 Å². The van der Waals surface area contributed by atoms with Crippen LogP contribution in [0.4, 0.5) is 0 Å². The molecule has 14 heavy (non-hydrogen) atoms. The molecule has 0 aliphatic rings. The number of thioether (sulfide) groups is 1. The molecule has 0 amide bonds. The van der Waals surface area contributed by atoms with E-state index in [2.05, 4.69) is 19.2 Å². The Morgan fingerprint density at radius 1 is 1.50 bits per heavy atom. The second kappa shape index (κ2) is 8.12. The van der Waals surface area contributed by atoms with Gasteiger partial charge in [0, 0.05) is 11.0 Å². The molecule has 84 valence electrons. The zero-order valence-corrected chi connectivity index (χ0v) is 10.1. The highest BCUT2D eigenvalue weighted by Gasteiger charge is 2.16. The second-order valence-electron chi connectivity index (χ2n) is 3.38. The molecule has 0 aliphatic carbocycles. The Labute approximate surface area is 90.7 Å². The number of aliphatic carboxylic acids is 1. The van der Waals surface area contributed by atoms with Crippen molar-refractivity contribution in [2.75, 3.05) is 12.3 Å². The van der Waals surface area contributed by atoms with E-state index in [1.165, 1.54) is 0 Å². The lowest BCUT2D eigenvalue weighted by Crippen LogP contribution is -2.38. The lowest BCUT2D eigenvalue weighted by atomic mass is 10.3. The van der Waals surface area contributed by atoms with E-state index in [4.69, 9.17) is 5.11 Å². The summed E-state index contributed by atoms with van der Waals surface area (Å²) in [5, 5.41) is 12.4. The zero-order chi connectivity index (χ0) is 11.0. The molecule has 0 aromatic carbocycles. The smallest absolute Gasteiger partial charge is 0.321 e. The molecule has 0 saturated carbocycles. The molecule has 0 aromatic heterocycles. The van der Waals surface area contributed by atoms with Crippen LogP contribution >= 0.6 is 11.8 Å². The van der Waals surface area contributed by atoms with Crippen LogP contribution in [0, 0.1) is 0 Å². The Balaban J connectivity index is 3.75. The van der Waals surface area contributed by atoms with Crippen molar-refractivity contribution in [2.45, 2.75) is 44.9 Å². The molecule has 0 saturated heterocycles.